The highest BCUT2D eigenvalue weighted by atomic mass is 16.6. The average molecular weight is 466 g/mol. The molecule has 0 radical (unpaired) electrons. The average Bonchev–Trinajstić information content (AvgIpc) is 2.83. The summed E-state index contributed by atoms with van der Waals surface area (Å²) in [5.74, 6) is -1.21. The number of nitrogens with zero attached hydrogens (tertiary/aromatic N) is 1. The number of ether oxygens (including phenoxy) is 2. The van der Waals surface area contributed by atoms with Gasteiger partial charge >= 0.3 is 0 Å². The number of para-hydroxylation sites is 1. The second kappa shape index (κ2) is 12.2. The number of aliphatic hydroxyl groups is 1. The zero-order chi connectivity index (χ0) is 24.6. The molecular weight excluding hydrogens is 426 g/mol. The second-order valence-corrected chi connectivity index (χ2v) is 9.19. The number of aryl methyl sites for hydroxylation is 2. The summed E-state index contributed by atoms with van der Waals surface area (Å²) >= 11 is 0. The van der Waals surface area contributed by atoms with Crippen molar-refractivity contribution < 1.29 is 19.4 Å². The predicted molar refractivity (Wildman–Crippen MR) is 138 cm³/mol. The van der Waals surface area contributed by atoms with Crippen LogP contribution in [0, 0.1) is 13.8 Å². The van der Waals surface area contributed by atoms with E-state index in [1.807, 2.05) is 32.0 Å². The third-order valence-corrected chi connectivity index (χ3v) is 6.24. The second-order valence-electron chi connectivity index (χ2n) is 9.19. The van der Waals surface area contributed by atoms with Crippen molar-refractivity contribution in [3.63, 3.8) is 0 Å². The summed E-state index contributed by atoms with van der Waals surface area (Å²) in [4.78, 5) is 15.7. The van der Waals surface area contributed by atoms with E-state index in [1.165, 1.54) is 31.8 Å². The molecule has 0 fully saturated rings. The molecule has 2 aromatic rings. The Morgan fingerprint density at radius 2 is 1.62 bits per heavy atom. The first-order valence-electron chi connectivity index (χ1n) is 12.6. The van der Waals surface area contributed by atoms with Crippen LogP contribution in [-0.2, 0) is 0 Å². The number of hydrogen-bond acceptors (Lipinski definition) is 5. The van der Waals surface area contributed by atoms with Crippen LogP contribution in [0.1, 0.15) is 73.0 Å². The Balaban J connectivity index is 1.62. The highest BCUT2D eigenvalue weighted by Gasteiger charge is 2.39. The fourth-order valence-electron chi connectivity index (χ4n) is 4.31. The lowest BCUT2D eigenvalue weighted by Crippen LogP contribution is -2.44. The molecule has 0 saturated carbocycles. The van der Waals surface area contributed by atoms with E-state index in [9.17, 15) is 9.90 Å². The number of ketones is 1. The van der Waals surface area contributed by atoms with Crippen molar-refractivity contribution in [3.8, 4) is 11.5 Å². The van der Waals surface area contributed by atoms with Crippen molar-refractivity contribution in [1.29, 1.82) is 0 Å². The van der Waals surface area contributed by atoms with Crippen LogP contribution in [0.4, 0.5) is 0 Å². The van der Waals surface area contributed by atoms with Gasteiger partial charge in [0.15, 0.2) is 0 Å². The smallest absolute Gasteiger partial charge is 0.293 e. The number of carbonyl (C=O) groups is 1. The molecule has 1 heterocycles. The van der Waals surface area contributed by atoms with Crippen LogP contribution >= 0.6 is 0 Å². The highest BCUT2D eigenvalue weighted by Crippen LogP contribution is 2.33. The Morgan fingerprint density at radius 3 is 2.26 bits per heavy atom. The maximum absolute atomic E-state index is 13.2. The Morgan fingerprint density at radius 1 is 1.00 bits per heavy atom. The van der Waals surface area contributed by atoms with Crippen LogP contribution in [0.25, 0.3) is 6.08 Å². The summed E-state index contributed by atoms with van der Waals surface area (Å²) in [6, 6.07) is 10.9. The lowest BCUT2D eigenvalue weighted by atomic mass is 9.96. The SMILES string of the molecule is CCCCN(CCCC)CCCOc1c(C)cc(C(=O)C2(O)C=Cc3ccccc3O2)cc1C. The fraction of sp³-hybridized carbons (Fsp3) is 0.483. The van der Waals surface area contributed by atoms with Crippen molar-refractivity contribution in [2.24, 2.45) is 0 Å². The van der Waals surface area contributed by atoms with Gasteiger partial charge in [0.25, 0.3) is 5.79 Å². The fourth-order valence-corrected chi connectivity index (χ4v) is 4.31. The Hall–Kier alpha value is -2.63. The minimum atomic E-state index is -2.02. The van der Waals surface area contributed by atoms with Crippen molar-refractivity contribution in [3.05, 3.63) is 64.7 Å². The van der Waals surface area contributed by atoms with Gasteiger partial charge in [0.2, 0.25) is 5.78 Å². The summed E-state index contributed by atoms with van der Waals surface area (Å²) in [5, 5.41) is 10.9. The third kappa shape index (κ3) is 6.49. The number of Topliss-reactive ketones (excluding diaryl/α,β-unsaturated/α-hetero) is 1. The quantitative estimate of drug-likeness (QED) is 0.292. The molecule has 0 spiro atoms. The van der Waals surface area contributed by atoms with Crippen LogP contribution in [0.15, 0.2) is 42.5 Å². The van der Waals surface area contributed by atoms with Crippen molar-refractivity contribution in [2.45, 2.75) is 65.6 Å². The van der Waals surface area contributed by atoms with Crippen molar-refractivity contribution in [1.82, 2.24) is 4.90 Å². The van der Waals surface area contributed by atoms with E-state index in [0.29, 0.717) is 17.9 Å². The summed E-state index contributed by atoms with van der Waals surface area (Å²) < 4.78 is 11.8. The molecule has 34 heavy (non-hydrogen) atoms. The largest absolute Gasteiger partial charge is 0.493 e. The topological polar surface area (TPSA) is 59.0 Å². The maximum Gasteiger partial charge on any atom is 0.293 e. The van der Waals surface area contributed by atoms with Crippen molar-refractivity contribution in [2.75, 3.05) is 26.2 Å². The highest BCUT2D eigenvalue weighted by molar-refractivity contribution is 6.04. The molecule has 184 valence electrons. The molecule has 0 aliphatic carbocycles. The minimum Gasteiger partial charge on any atom is -0.493 e. The molecule has 0 saturated heterocycles. The Bertz CT molecular complexity index is 968. The molecule has 1 aliphatic heterocycles. The van der Waals surface area contributed by atoms with Crippen LogP contribution in [0.2, 0.25) is 0 Å². The first-order chi connectivity index (χ1) is 16.4. The van der Waals surface area contributed by atoms with Gasteiger partial charge in [0.05, 0.1) is 6.61 Å². The van der Waals surface area contributed by atoms with Crippen LogP contribution in [0.5, 0.6) is 11.5 Å². The number of benzene rings is 2. The van der Waals surface area contributed by atoms with Crippen LogP contribution in [0.3, 0.4) is 0 Å². The van der Waals surface area contributed by atoms with E-state index >= 15 is 0 Å². The van der Waals surface area contributed by atoms with Gasteiger partial charge in [-0.1, -0.05) is 44.9 Å². The molecule has 1 atom stereocenters. The van der Waals surface area contributed by atoms with E-state index in [0.717, 1.165) is 48.5 Å². The molecule has 3 rings (SSSR count). The lowest BCUT2D eigenvalue weighted by molar-refractivity contribution is -0.0640. The summed E-state index contributed by atoms with van der Waals surface area (Å²) in [6.45, 7) is 12.3. The van der Waals surface area contributed by atoms with Gasteiger partial charge < -0.3 is 19.5 Å². The predicted octanol–water partition coefficient (Wildman–Crippen LogP) is 5.95. The Kier molecular flexibility index (Phi) is 9.31. The number of fused-ring (bicyclic) bond motifs is 1. The molecule has 5 nitrogen and oxygen atoms in total. The standard InChI is InChI=1S/C29H39NO4/c1-5-7-16-30(17-8-6-2)18-11-19-33-27-22(3)20-25(21-23(27)4)28(31)29(32)15-14-24-12-9-10-13-26(24)34-29/h9-10,12-15,20-21,32H,5-8,11,16-19H2,1-4H3. The minimum absolute atomic E-state index is 0.402. The maximum atomic E-state index is 13.2. The van der Waals surface area contributed by atoms with E-state index in [-0.39, 0.29) is 0 Å². The molecule has 5 heteroatoms. The number of hydrogen-bond donors (Lipinski definition) is 1. The van der Waals surface area contributed by atoms with E-state index < -0.39 is 11.6 Å². The van der Waals surface area contributed by atoms with Crippen molar-refractivity contribution >= 4 is 11.9 Å². The molecule has 1 unspecified atom stereocenters. The van der Waals surface area contributed by atoms with Gasteiger partial charge in [-0.05, 0) is 87.7 Å². The van der Waals surface area contributed by atoms with Gasteiger partial charge in [-0.3, -0.25) is 4.79 Å². The molecule has 0 amide bonds. The monoisotopic (exact) mass is 465 g/mol. The molecule has 0 aromatic heterocycles. The number of carbonyl (C=O) groups excluding carboxylic acids is 1. The first-order valence-corrected chi connectivity index (χ1v) is 12.6. The van der Waals surface area contributed by atoms with E-state index in [2.05, 4.69) is 18.7 Å². The zero-order valence-electron chi connectivity index (χ0n) is 21.1. The first kappa shape index (κ1) is 26.0. The Labute approximate surface area is 204 Å². The van der Waals surface area contributed by atoms with E-state index in [4.69, 9.17) is 9.47 Å². The zero-order valence-corrected chi connectivity index (χ0v) is 21.1. The van der Waals surface area contributed by atoms with Crippen LogP contribution in [-0.4, -0.2) is 47.8 Å². The molecule has 1 N–H and O–H groups in total. The molecule has 1 aliphatic rings. The van der Waals surface area contributed by atoms with Crippen LogP contribution < -0.4 is 9.47 Å². The van der Waals surface area contributed by atoms with Gasteiger partial charge in [0, 0.05) is 17.7 Å². The molecule has 0 bridgehead atoms. The summed E-state index contributed by atoms with van der Waals surface area (Å²) in [6.07, 6.45) is 8.99. The molecule has 2 aromatic carbocycles. The lowest BCUT2D eigenvalue weighted by Gasteiger charge is -2.28. The number of rotatable bonds is 13. The van der Waals surface area contributed by atoms with Gasteiger partial charge in [0.1, 0.15) is 11.5 Å². The summed E-state index contributed by atoms with van der Waals surface area (Å²) in [7, 11) is 0. The van der Waals surface area contributed by atoms with Gasteiger partial charge in [-0.2, -0.15) is 0 Å². The number of unbranched alkanes of at least 4 members (excludes halogenated alkanes) is 2. The van der Waals surface area contributed by atoms with Gasteiger partial charge in [-0.15, -0.1) is 0 Å². The normalized spacial score (nSPS) is 16.9. The summed E-state index contributed by atoms with van der Waals surface area (Å²) in [5.41, 5.74) is 2.99. The van der Waals surface area contributed by atoms with E-state index in [1.54, 1.807) is 24.3 Å². The molecular formula is C29H39NO4. The third-order valence-electron chi connectivity index (χ3n) is 6.24. The van der Waals surface area contributed by atoms with Gasteiger partial charge in [-0.25, -0.2) is 0 Å².